The predicted molar refractivity (Wildman–Crippen MR) is 86.5 cm³/mol. The fraction of sp³-hybridized carbons (Fsp3) is 0.0588. The largest absolute Gasteiger partial charge is 0.452 e. The van der Waals surface area contributed by atoms with Gasteiger partial charge >= 0.3 is 5.97 Å². The van der Waals surface area contributed by atoms with Gasteiger partial charge in [-0.05, 0) is 29.8 Å². The summed E-state index contributed by atoms with van der Waals surface area (Å²) < 4.78 is 18.3. The highest BCUT2D eigenvalue weighted by atomic mass is 35.5. The molecule has 118 valence electrons. The van der Waals surface area contributed by atoms with Gasteiger partial charge in [-0.15, -0.1) is 0 Å². The van der Waals surface area contributed by atoms with Crippen LogP contribution in [0.3, 0.4) is 0 Å². The molecule has 0 aliphatic heterocycles. The van der Waals surface area contributed by atoms with E-state index in [1.165, 1.54) is 18.2 Å². The summed E-state index contributed by atoms with van der Waals surface area (Å²) in [5.74, 6) is -1.98. The molecule has 6 heteroatoms. The van der Waals surface area contributed by atoms with Gasteiger partial charge in [0.2, 0.25) is 0 Å². The number of hydrogen-bond donors (Lipinski definition) is 1. The number of ether oxygens (including phenoxy) is 1. The molecule has 0 aliphatic rings. The molecule has 0 radical (unpaired) electrons. The topological polar surface area (TPSA) is 55.4 Å². The summed E-state index contributed by atoms with van der Waals surface area (Å²) in [5.41, 5.74) is 0.799. The van der Waals surface area contributed by atoms with Crippen molar-refractivity contribution in [3.63, 3.8) is 0 Å². The molecule has 4 nitrogen and oxygen atoms in total. The lowest BCUT2D eigenvalue weighted by molar-refractivity contribution is -0.142. The highest BCUT2D eigenvalue weighted by molar-refractivity contribution is 6.30. The van der Waals surface area contributed by atoms with Crippen LogP contribution in [0.1, 0.15) is 5.56 Å². The second-order valence-corrected chi connectivity index (χ2v) is 4.96. The number of carbonyl (C=O) groups is 2. The van der Waals surface area contributed by atoms with Gasteiger partial charge in [-0.3, -0.25) is 4.79 Å². The summed E-state index contributed by atoms with van der Waals surface area (Å²) in [6.45, 7) is -0.514. The van der Waals surface area contributed by atoms with Crippen molar-refractivity contribution in [1.29, 1.82) is 0 Å². The maximum atomic E-state index is 13.5. The number of amides is 1. The van der Waals surface area contributed by atoms with Gasteiger partial charge in [0, 0.05) is 11.1 Å². The van der Waals surface area contributed by atoms with Crippen LogP contribution in [0, 0.1) is 5.82 Å². The summed E-state index contributed by atoms with van der Waals surface area (Å²) in [4.78, 5) is 23.1. The standard InChI is InChI=1S/C17H13ClFNO3/c18-13-7-8-15(14(19)10-13)20-16(21)11-23-17(22)9-6-12-4-2-1-3-5-12/h1-10H,11H2,(H,20,21). The number of halogens is 2. The molecule has 0 saturated heterocycles. The quantitative estimate of drug-likeness (QED) is 0.671. The van der Waals surface area contributed by atoms with Crippen molar-refractivity contribution in [2.75, 3.05) is 11.9 Å². The van der Waals surface area contributed by atoms with Crippen LogP contribution in [-0.4, -0.2) is 18.5 Å². The lowest BCUT2D eigenvalue weighted by Gasteiger charge is -2.06. The van der Waals surface area contributed by atoms with Crippen LogP contribution in [0.25, 0.3) is 6.08 Å². The second-order valence-electron chi connectivity index (χ2n) is 4.52. The third-order valence-electron chi connectivity index (χ3n) is 2.76. The molecule has 0 aliphatic carbocycles. The average molecular weight is 334 g/mol. The summed E-state index contributed by atoms with van der Waals surface area (Å²) in [6, 6.07) is 13.0. The Balaban J connectivity index is 1.82. The molecule has 0 aromatic heterocycles. The summed E-state index contributed by atoms with van der Waals surface area (Å²) in [5, 5.41) is 2.51. The van der Waals surface area contributed by atoms with Gasteiger partial charge in [0.25, 0.3) is 5.91 Å². The Morgan fingerprint density at radius 1 is 1.17 bits per heavy atom. The minimum atomic E-state index is -0.666. The summed E-state index contributed by atoms with van der Waals surface area (Å²) in [7, 11) is 0. The third-order valence-corrected chi connectivity index (χ3v) is 3.00. The van der Waals surface area contributed by atoms with Gasteiger partial charge in [0.05, 0.1) is 5.69 Å². The number of carbonyl (C=O) groups excluding carboxylic acids is 2. The van der Waals surface area contributed by atoms with Gasteiger partial charge in [-0.2, -0.15) is 0 Å². The molecule has 2 rings (SSSR count). The zero-order valence-electron chi connectivity index (χ0n) is 12.0. The number of hydrogen-bond acceptors (Lipinski definition) is 3. The molecule has 0 atom stereocenters. The lowest BCUT2D eigenvalue weighted by atomic mass is 10.2. The molecule has 2 aromatic rings. The number of rotatable bonds is 5. The molecule has 1 N–H and O–H groups in total. The van der Waals surface area contributed by atoms with Crippen LogP contribution in [0.5, 0.6) is 0 Å². The molecule has 0 heterocycles. The fourth-order valence-electron chi connectivity index (χ4n) is 1.69. The second kappa shape index (κ2) is 8.10. The summed E-state index contributed by atoms with van der Waals surface area (Å²) >= 11 is 5.61. The van der Waals surface area contributed by atoms with E-state index >= 15 is 0 Å². The third kappa shape index (κ3) is 5.56. The number of benzene rings is 2. The van der Waals surface area contributed by atoms with E-state index in [4.69, 9.17) is 16.3 Å². The minimum absolute atomic E-state index is 0.0322. The van der Waals surface area contributed by atoms with E-state index in [0.717, 1.165) is 11.6 Å². The Morgan fingerprint density at radius 3 is 2.61 bits per heavy atom. The molecule has 1 amide bonds. The number of anilines is 1. The van der Waals surface area contributed by atoms with Crippen LogP contribution in [-0.2, 0) is 14.3 Å². The first-order valence-corrected chi connectivity index (χ1v) is 7.07. The molecule has 0 saturated carbocycles. The summed E-state index contributed by atoms with van der Waals surface area (Å²) in [6.07, 6.45) is 2.78. The van der Waals surface area contributed by atoms with Gasteiger partial charge in [-0.1, -0.05) is 41.9 Å². The Morgan fingerprint density at radius 2 is 1.91 bits per heavy atom. The van der Waals surface area contributed by atoms with Crippen molar-refractivity contribution >= 4 is 35.2 Å². The Labute approximate surface area is 137 Å². The lowest BCUT2D eigenvalue weighted by Crippen LogP contribution is -2.20. The van der Waals surface area contributed by atoms with Crippen LogP contribution < -0.4 is 5.32 Å². The monoisotopic (exact) mass is 333 g/mol. The molecular formula is C17H13ClFNO3. The molecule has 0 bridgehead atoms. The first-order chi connectivity index (χ1) is 11.0. The van der Waals surface area contributed by atoms with Crippen LogP contribution in [0.15, 0.2) is 54.6 Å². The van der Waals surface area contributed by atoms with Crippen molar-refractivity contribution in [2.45, 2.75) is 0 Å². The predicted octanol–water partition coefficient (Wildman–Crippen LogP) is 3.67. The molecule has 0 fully saturated rings. The highest BCUT2D eigenvalue weighted by Gasteiger charge is 2.09. The fourth-order valence-corrected chi connectivity index (χ4v) is 1.85. The van der Waals surface area contributed by atoms with E-state index in [2.05, 4.69) is 5.32 Å². The van der Waals surface area contributed by atoms with Gasteiger partial charge in [0.1, 0.15) is 5.82 Å². The van der Waals surface area contributed by atoms with E-state index in [9.17, 15) is 14.0 Å². The van der Waals surface area contributed by atoms with Gasteiger partial charge in [-0.25, -0.2) is 9.18 Å². The van der Waals surface area contributed by atoms with Crippen molar-refractivity contribution in [2.24, 2.45) is 0 Å². The van der Waals surface area contributed by atoms with E-state index in [1.807, 2.05) is 30.3 Å². The molecule has 0 unspecified atom stereocenters. The maximum absolute atomic E-state index is 13.5. The number of nitrogens with one attached hydrogen (secondary N) is 1. The first-order valence-electron chi connectivity index (χ1n) is 6.69. The highest BCUT2D eigenvalue weighted by Crippen LogP contribution is 2.18. The van der Waals surface area contributed by atoms with Gasteiger partial charge < -0.3 is 10.1 Å². The minimum Gasteiger partial charge on any atom is -0.452 e. The molecule has 0 spiro atoms. The smallest absolute Gasteiger partial charge is 0.331 e. The van der Waals surface area contributed by atoms with Crippen molar-refractivity contribution in [3.8, 4) is 0 Å². The number of esters is 1. The first kappa shape index (κ1) is 16.7. The Bertz CT molecular complexity index is 732. The average Bonchev–Trinajstić information content (AvgIpc) is 2.54. The van der Waals surface area contributed by atoms with Crippen LogP contribution in [0.2, 0.25) is 5.02 Å². The molecule has 23 heavy (non-hydrogen) atoms. The van der Waals surface area contributed by atoms with Crippen molar-refractivity contribution < 1.29 is 18.7 Å². The van der Waals surface area contributed by atoms with Crippen LogP contribution in [0.4, 0.5) is 10.1 Å². The van der Waals surface area contributed by atoms with Crippen LogP contribution >= 0.6 is 11.6 Å². The van der Waals surface area contributed by atoms with Crippen molar-refractivity contribution in [1.82, 2.24) is 0 Å². The Hall–Kier alpha value is -2.66. The SMILES string of the molecule is O=C(COC(=O)C=Cc1ccccc1)Nc1ccc(Cl)cc1F. The zero-order valence-corrected chi connectivity index (χ0v) is 12.7. The maximum Gasteiger partial charge on any atom is 0.331 e. The normalized spacial score (nSPS) is 10.5. The Kier molecular flexibility index (Phi) is 5.88. The van der Waals surface area contributed by atoms with Gasteiger partial charge in [0.15, 0.2) is 6.61 Å². The zero-order chi connectivity index (χ0) is 16.7. The molecule has 2 aromatic carbocycles. The molecular weight excluding hydrogens is 321 g/mol. The van der Waals surface area contributed by atoms with Crippen molar-refractivity contribution in [3.05, 3.63) is 71.0 Å². The van der Waals surface area contributed by atoms with E-state index in [1.54, 1.807) is 6.08 Å². The van der Waals surface area contributed by atoms with E-state index in [-0.39, 0.29) is 10.7 Å². The van der Waals surface area contributed by atoms with E-state index < -0.39 is 24.3 Å². The van der Waals surface area contributed by atoms with E-state index in [0.29, 0.717) is 0 Å².